The van der Waals surface area contributed by atoms with Gasteiger partial charge in [0.1, 0.15) is 11.5 Å². The predicted octanol–water partition coefficient (Wildman–Crippen LogP) is 7.30. The number of carbonyl (C=O) groups excluding carboxylic acids is 2. The van der Waals surface area contributed by atoms with Gasteiger partial charge in [-0.25, -0.2) is 4.79 Å². The second-order valence-electron chi connectivity index (χ2n) is 10.0. The molecule has 2 saturated carbocycles. The van der Waals surface area contributed by atoms with Gasteiger partial charge in [-0.1, -0.05) is 38.7 Å². The highest BCUT2D eigenvalue weighted by Gasteiger charge is 2.31. The van der Waals surface area contributed by atoms with Crippen LogP contribution in [0.25, 0.3) is 0 Å². The molecular formula is C29H36O4. The molecule has 0 heterocycles. The fourth-order valence-electron chi connectivity index (χ4n) is 6.04. The molecule has 4 rings (SSSR count). The van der Waals surface area contributed by atoms with Crippen LogP contribution in [0.3, 0.4) is 0 Å². The van der Waals surface area contributed by atoms with Gasteiger partial charge in [-0.15, -0.1) is 0 Å². The first-order chi connectivity index (χ1) is 16.1. The number of aldehydes is 1. The van der Waals surface area contributed by atoms with Crippen LogP contribution in [-0.4, -0.2) is 17.4 Å². The number of ether oxygens (including phenoxy) is 1. The molecule has 0 bridgehead atoms. The van der Waals surface area contributed by atoms with E-state index in [1.807, 2.05) is 12.1 Å². The molecule has 0 unspecified atom stereocenters. The molecule has 176 valence electrons. The first-order valence-electron chi connectivity index (χ1n) is 12.7. The minimum absolute atomic E-state index is 0.0865. The van der Waals surface area contributed by atoms with Crippen molar-refractivity contribution in [3.8, 4) is 11.5 Å². The van der Waals surface area contributed by atoms with E-state index in [1.54, 1.807) is 6.07 Å². The predicted molar refractivity (Wildman–Crippen MR) is 130 cm³/mol. The van der Waals surface area contributed by atoms with Gasteiger partial charge in [0.2, 0.25) is 0 Å². The van der Waals surface area contributed by atoms with Crippen LogP contribution in [0.15, 0.2) is 42.5 Å². The quantitative estimate of drug-likeness (QED) is 0.274. The van der Waals surface area contributed by atoms with Gasteiger partial charge in [-0.2, -0.15) is 0 Å². The highest BCUT2D eigenvalue weighted by molar-refractivity contribution is 5.92. The van der Waals surface area contributed by atoms with E-state index in [4.69, 9.17) is 4.74 Å². The van der Waals surface area contributed by atoms with E-state index in [0.29, 0.717) is 17.0 Å². The van der Waals surface area contributed by atoms with E-state index in [-0.39, 0.29) is 11.5 Å². The summed E-state index contributed by atoms with van der Waals surface area (Å²) in [6.07, 6.45) is 14.1. The number of hydrogen-bond donors (Lipinski definition) is 1. The molecule has 2 aliphatic carbocycles. The lowest BCUT2D eigenvalue weighted by molar-refractivity contribution is 0.0733. The number of aromatic hydroxyl groups is 1. The third-order valence-electron chi connectivity index (χ3n) is 7.96. The Balaban J connectivity index is 1.34. The zero-order valence-corrected chi connectivity index (χ0v) is 19.7. The van der Waals surface area contributed by atoms with Crippen molar-refractivity contribution in [2.45, 2.75) is 77.0 Å². The van der Waals surface area contributed by atoms with E-state index >= 15 is 0 Å². The molecule has 0 spiro atoms. The largest absolute Gasteiger partial charge is 0.508 e. The number of esters is 1. The number of rotatable bonds is 7. The number of hydrogen-bond acceptors (Lipinski definition) is 4. The summed E-state index contributed by atoms with van der Waals surface area (Å²) in [5, 5.41) is 9.39. The zero-order valence-electron chi connectivity index (χ0n) is 19.7. The van der Waals surface area contributed by atoms with E-state index in [0.717, 1.165) is 24.0 Å². The normalized spacial score (nSPS) is 25.4. The van der Waals surface area contributed by atoms with Gasteiger partial charge in [0.15, 0.2) is 6.29 Å². The van der Waals surface area contributed by atoms with Gasteiger partial charge >= 0.3 is 5.97 Å². The van der Waals surface area contributed by atoms with Gasteiger partial charge in [0.05, 0.1) is 11.1 Å². The highest BCUT2D eigenvalue weighted by Crippen LogP contribution is 2.44. The Bertz CT molecular complexity index is 933. The topological polar surface area (TPSA) is 63.6 Å². The van der Waals surface area contributed by atoms with Gasteiger partial charge in [-0.05, 0) is 104 Å². The van der Waals surface area contributed by atoms with E-state index in [1.165, 1.54) is 94.0 Å². The maximum absolute atomic E-state index is 12.4. The number of phenols is 1. The number of carbonyl (C=O) groups is 2. The van der Waals surface area contributed by atoms with Crippen LogP contribution >= 0.6 is 0 Å². The van der Waals surface area contributed by atoms with Crippen molar-refractivity contribution < 1.29 is 19.4 Å². The van der Waals surface area contributed by atoms with Gasteiger partial charge in [0, 0.05) is 0 Å². The summed E-state index contributed by atoms with van der Waals surface area (Å²) < 4.78 is 5.48. The summed E-state index contributed by atoms with van der Waals surface area (Å²) in [6, 6.07) is 11.5. The monoisotopic (exact) mass is 448 g/mol. The Morgan fingerprint density at radius 2 is 1.58 bits per heavy atom. The zero-order chi connectivity index (χ0) is 23.2. The number of benzene rings is 2. The van der Waals surface area contributed by atoms with Crippen molar-refractivity contribution in [2.75, 3.05) is 0 Å². The fraction of sp³-hybridized carbons (Fsp3) is 0.517. The molecule has 0 radical (unpaired) electrons. The van der Waals surface area contributed by atoms with Crippen LogP contribution in [-0.2, 0) is 0 Å². The minimum Gasteiger partial charge on any atom is -0.508 e. The Morgan fingerprint density at radius 1 is 0.939 bits per heavy atom. The molecule has 2 aromatic carbocycles. The molecule has 0 saturated heterocycles. The Hall–Kier alpha value is -2.62. The number of phenolic OH excluding ortho intramolecular Hbond substituents is 1. The Kier molecular flexibility index (Phi) is 7.85. The smallest absolute Gasteiger partial charge is 0.343 e. The lowest BCUT2D eigenvalue weighted by Gasteiger charge is -2.38. The maximum atomic E-state index is 12.4. The molecular weight excluding hydrogens is 412 g/mol. The molecule has 0 amide bonds. The molecule has 0 atom stereocenters. The molecule has 4 heteroatoms. The van der Waals surface area contributed by atoms with Crippen molar-refractivity contribution in [1.29, 1.82) is 0 Å². The van der Waals surface area contributed by atoms with Crippen LogP contribution < -0.4 is 4.74 Å². The molecule has 0 aromatic heterocycles. The van der Waals surface area contributed by atoms with Crippen molar-refractivity contribution >= 4 is 12.3 Å². The maximum Gasteiger partial charge on any atom is 0.343 e. The van der Waals surface area contributed by atoms with Crippen molar-refractivity contribution in [3.63, 3.8) is 0 Å². The first kappa shape index (κ1) is 23.5. The van der Waals surface area contributed by atoms with Crippen molar-refractivity contribution in [2.24, 2.45) is 17.8 Å². The molecule has 0 aliphatic heterocycles. The molecule has 2 aromatic rings. The summed E-state index contributed by atoms with van der Waals surface area (Å²) in [5.74, 6) is 3.03. The van der Waals surface area contributed by atoms with Gasteiger partial charge < -0.3 is 9.84 Å². The second-order valence-corrected chi connectivity index (χ2v) is 10.0. The molecule has 1 N–H and O–H groups in total. The average molecular weight is 449 g/mol. The van der Waals surface area contributed by atoms with Gasteiger partial charge in [0.25, 0.3) is 0 Å². The third kappa shape index (κ3) is 5.85. The van der Waals surface area contributed by atoms with Crippen LogP contribution in [0.5, 0.6) is 11.5 Å². The van der Waals surface area contributed by atoms with Gasteiger partial charge in [-0.3, -0.25) is 4.79 Å². The molecule has 4 nitrogen and oxygen atoms in total. The van der Waals surface area contributed by atoms with Crippen LogP contribution in [0.1, 0.15) is 103 Å². The van der Waals surface area contributed by atoms with Crippen LogP contribution in [0.2, 0.25) is 0 Å². The summed E-state index contributed by atoms with van der Waals surface area (Å²) in [7, 11) is 0. The summed E-state index contributed by atoms with van der Waals surface area (Å²) in [6.45, 7) is 2.30. The van der Waals surface area contributed by atoms with E-state index in [2.05, 4.69) is 6.92 Å². The Morgan fingerprint density at radius 3 is 2.18 bits per heavy atom. The molecule has 2 aliphatic rings. The van der Waals surface area contributed by atoms with Crippen LogP contribution in [0.4, 0.5) is 0 Å². The first-order valence-corrected chi connectivity index (χ1v) is 12.7. The highest BCUT2D eigenvalue weighted by atomic mass is 16.5. The molecule has 2 fully saturated rings. The molecule has 33 heavy (non-hydrogen) atoms. The second kappa shape index (κ2) is 11.0. The fourth-order valence-corrected chi connectivity index (χ4v) is 6.04. The minimum atomic E-state index is -0.542. The standard InChI is InChI=1S/C29H36O4/c1-2-3-20-4-6-21(7-5-20)22-8-10-23(11-9-22)25-14-17-28(26(18-25)19-30)33-29(32)24-12-15-27(31)16-13-24/h12-23,31H,2-11H2,1H3. The van der Waals surface area contributed by atoms with E-state index < -0.39 is 5.97 Å². The van der Waals surface area contributed by atoms with Crippen LogP contribution in [0, 0.1) is 17.8 Å². The summed E-state index contributed by atoms with van der Waals surface area (Å²) in [4.78, 5) is 24.1. The van der Waals surface area contributed by atoms with Crippen molar-refractivity contribution in [3.05, 3.63) is 59.2 Å². The van der Waals surface area contributed by atoms with Crippen molar-refractivity contribution in [1.82, 2.24) is 0 Å². The Labute approximate surface area is 197 Å². The average Bonchev–Trinajstić information content (AvgIpc) is 2.85. The summed E-state index contributed by atoms with van der Waals surface area (Å²) >= 11 is 0. The SMILES string of the molecule is CCCC1CCC(C2CCC(c3ccc(OC(=O)c4ccc(O)cc4)c(C=O)c3)CC2)CC1. The third-order valence-corrected chi connectivity index (χ3v) is 7.96. The van der Waals surface area contributed by atoms with E-state index in [9.17, 15) is 14.7 Å². The summed E-state index contributed by atoms with van der Waals surface area (Å²) in [5.41, 5.74) is 1.92. The lowest BCUT2D eigenvalue weighted by Crippen LogP contribution is -2.25. The lowest BCUT2D eigenvalue weighted by atomic mass is 9.68.